The van der Waals surface area contributed by atoms with Crippen LogP contribution in [-0.4, -0.2) is 17.7 Å². The van der Waals surface area contributed by atoms with Gasteiger partial charge in [0.05, 0.1) is 11.3 Å². The summed E-state index contributed by atoms with van der Waals surface area (Å²) in [6.07, 6.45) is 0. The second kappa shape index (κ2) is 6.94. The number of fused-ring (bicyclic) bond motifs is 1. The number of carbonyl (C=O) groups excluding carboxylic acids is 1. The first kappa shape index (κ1) is 17.0. The molecule has 3 rings (SSSR count). The fraction of sp³-hybridized carbons (Fsp3) is 0. The minimum Gasteiger partial charge on any atom is -0.384 e. The van der Waals surface area contributed by atoms with Crippen LogP contribution in [-0.2, 0) is 0 Å². The Labute approximate surface area is 150 Å². The van der Waals surface area contributed by atoms with Crippen molar-refractivity contribution >= 4 is 39.8 Å². The molecular formula is C19H18N6O. The number of benzene rings is 3. The number of nitrogens with one attached hydrogen (secondary N) is 2. The van der Waals surface area contributed by atoms with E-state index in [0.717, 1.165) is 10.8 Å². The van der Waals surface area contributed by atoms with Gasteiger partial charge in [-0.3, -0.25) is 10.2 Å². The fourth-order valence-electron chi connectivity index (χ4n) is 2.65. The average Bonchev–Trinajstić information content (AvgIpc) is 2.61. The van der Waals surface area contributed by atoms with Crippen molar-refractivity contribution < 1.29 is 4.79 Å². The van der Waals surface area contributed by atoms with Gasteiger partial charge in [-0.05, 0) is 29.7 Å². The number of nitrogens with zero attached hydrogens (tertiary/aromatic N) is 1. The molecule has 7 heteroatoms. The number of nitrogens with two attached hydrogens (primary N) is 3. The Bertz CT molecular complexity index is 1040. The third-order valence-electron chi connectivity index (χ3n) is 3.84. The number of amidine groups is 1. The average molecular weight is 346 g/mol. The Kier molecular flexibility index (Phi) is 4.53. The van der Waals surface area contributed by atoms with Crippen LogP contribution in [0.4, 0.5) is 11.4 Å². The maximum absolute atomic E-state index is 12.7. The molecule has 0 aliphatic heterocycles. The molecule has 3 aromatic rings. The van der Waals surface area contributed by atoms with Crippen molar-refractivity contribution in [3.8, 4) is 0 Å². The summed E-state index contributed by atoms with van der Waals surface area (Å²) in [7, 11) is 0. The number of nitrogen functional groups attached to an aromatic ring is 1. The predicted molar refractivity (Wildman–Crippen MR) is 105 cm³/mol. The van der Waals surface area contributed by atoms with Gasteiger partial charge in [0.1, 0.15) is 5.84 Å². The summed E-state index contributed by atoms with van der Waals surface area (Å²) in [5, 5.41) is 12.1. The van der Waals surface area contributed by atoms with E-state index < -0.39 is 0 Å². The number of amides is 1. The van der Waals surface area contributed by atoms with Crippen LogP contribution < -0.4 is 22.5 Å². The fourth-order valence-corrected chi connectivity index (χ4v) is 2.65. The van der Waals surface area contributed by atoms with E-state index in [4.69, 9.17) is 22.6 Å². The van der Waals surface area contributed by atoms with Gasteiger partial charge in [0.15, 0.2) is 5.96 Å². The zero-order chi connectivity index (χ0) is 18.7. The lowest BCUT2D eigenvalue weighted by Crippen LogP contribution is -2.22. The van der Waals surface area contributed by atoms with E-state index >= 15 is 0 Å². The third kappa shape index (κ3) is 3.46. The lowest BCUT2D eigenvalue weighted by Gasteiger charge is -2.11. The van der Waals surface area contributed by atoms with Crippen LogP contribution in [0.2, 0.25) is 0 Å². The lowest BCUT2D eigenvalue weighted by molar-refractivity contribution is 0.102. The van der Waals surface area contributed by atoms with Crippen molar-refractivity contribution in [3.05, 3.63) is 71.8 Å². The van der Waals surface area contributed by atoms with Crippen LogP contribution in [0.5, 0.6) is 0 Å². The molecule has 0 spiro atoms. The van der Waals surface area contributed by atoms with E-state index in [2.05, 4.69) is 10.3 Å². The number of para-hydroxylation sites is 1. The normalized spacial score (nSPS) is 10.3. The monoisotopic (exact) mass is 346 g/mol. The van der Waals surface area contributed by atoms with Crippen LogP contribution in [0.3, 0.4) is 0 Å². The highest BCUT2D eigenvalue weighted by molar-refractivity contribution is 6.12. The molecule has 0 aliphatic rings. The van der Waals surface area contributed by atoms with Gasteiger partial charge >= 0.3 is 0 Å². The number of hydrogen-bond donors (Lipinski definition) is 5. The molecule has 0 unspecified atom stereocenters. The van der Waals surface area contributed by atoms with Crippen molar-refractivity contribution in [2.45, 2.75) is 0 Å². The van der Waals surface area contributed by atoms with E-state index in [-0.39, 0.29) is 17.7 Å². The maximum atomic E-state index is 12.7. The van der Waals surface area contributed by atoms with Gasteiger partial charge < -0.3 is 22.5 Å². The van der Waals surface area contributed by atoms with E-state index in [9.17, 15) is 4.79 Å². The molecule has 3 aromatic carbocycles. The van der Waals surface area contributed by atoms with E-state index in [1.807, 2.05) is 18.2 Å². The van der Waals surface area contributed by atoms with Crippen molar-refractivity contribution in [3.63, 3.8) is 0 Å². The highest BCUT2D eigenvalue weighted by atomic mass is 16.1. The SMILES string of the molecule is N=C(N)c1ccc2c(NC(=O)c3ccccc3N=C(N)N)cccc2c1. The predicted octanol–water partition coefficient (Wildman–Crippen LogP) is 2.28. The maximum Gasteiger partial charge on any atom is 0.257 e. The molecule has 0 heterocycles. The number of guanidine groups is 1. The summed E-state index contributed by atoms with van der Waals surface area (Å²) in [5.41, 5.74) is 18.4. The van der Waals surface area contributed by atoms with Crippen molar-refractivity contribution in [2.24, 2.45) is 22.2 Å². The van der Waals surface area contributed by atoms with Crippen molar-refractivity contribution in [1.82, 2.24) is 0 Å². The first-order valence-electron chi connectivity index (χ1n) is 7.83. The minimum absolute atomic E-state index is 0.00694. The summed E-state index contributed by atoms with van der Waals surface area (Å²) in [6.45, 7) is 0. The minimum atomic E-state index is -0.325. The van der Waals surface area contributed by atoms with Crippen LogP contribution >= 0.6 is 0 Å². The van der Waals surface area contributed by atoms with E-state index in [1.54, 1.807) is 42.5 Å². The van der Waals surface area contributed by atoms with Crippen LogP contribution in [0.15, 0.2) is 65.7 Å². The van der Waals surface area contributed by atoms with Gasteiger partial charge in [-0.2, -0.15) is 0 Å². The molecule has 0 aliphatic carbocycles. The van der Waals surface area contributed by atoms with Crippen molar-refractivity contribution in [2.75, 3.05) is 5.32 Å². The summed E-state index contributed by atoms with van der Waals surface area (Å²) < 4.78 is 0. The van der Waals surface area contributed by atoms with Crippen LogP contribution in [0.1, 0.15) is 15.9 Å². The highest BCUT2D eigenvalue weighted by Crippen LogP contribution is 2.26. The summed E-state index contributed by atoms with van der Waals surface area (Å²) >= 11 is 0. The molecule has 1 amide bonds. The van der Waals surface area contributed by atoms with Gasteiger partial charge in [0.25, 0.3) is 5.91 Å². The van der Waals surface area contributed by atoms with Gasteiger partial charge in [-0.15, -0.1) is 0 Å². The molecule has 130 valence electrons. The Balaban J connectivity index is 1.98. The molecular weight excluding hydrogens is 328 g/mol. The van der Waals surface area contributed by atoms with Gasteiger partial charge in [-0.1, -0.05) is 36.4 Å². The molecule has 0 saturated carbocycles. The molecule has 0 atom stereocenters. The number of anilines is 1. The molecule has 0 bridgehead atoms. The van der Waals surface area contributed by atoms with Crippen molar-refractivity contribution in [1.29, 1.82) is 5.41 Å². The topological polar surface area (TPSA) is 143 Å². The summed E-state index contributed by atoms with van der Waals surface area (Å²) in [4.78, 5) is 16.7. The standard InChI is InChI=1S/C19H18N6O/c20-17(21)12-8-9-13-11(10-12)4-3-7-15(13)24-18(26)14-5-1-2-6-16(14)25-19(22)23/h1-10H,(H3,20,21)(H,24,26)(H4,22,23,25). The molecule has 0 radical (unpaired) electrons. The third-order valence-corrected chi connectivity index (χ3v) is 3.84. The Morgan fingerprint density at radius 1 is 0.962 bits per heavy atom. The number of hydrogen-bond acceptors (Lipinski definition) is 3. The number of carbonyl (C=O) groups is 1. The molecule has 8 N–H and O–H groups in total. The van der Waals surface area contributed by atoms with Gasteiger partial charge in [0.2, 0.25) is 0 Å². The first-order valence-corrected chi connectivity index (χ1v) is 7.83. The first-order chi connectivity index (χ1) is 12.5. The zero-order valence-electron chi connectivity index (χ0n) is 13.9. The second-order valence-corrected chi connectivity index (χ2v) is 5.66. The Morgan fingerprint density at radius 2 is 1.73 bits per heavy atom. The lowest BCUT2D eigenvalue weighted by atomic mass is 10.0. The summed E-state index contributed by atoms with van der Waals surface area (Å²) in [5.74, 6) is -0.451. The molecule has 0 fully saturated rings. The largest absolute Gasteiger partial charge is 0.384 e. The van der Waals surface area contributed by atoms with Gasteiger partial charge in [0, 0.05) is 16.6 Å². The van der Waals surface area contributed by atoms with Crippen LogP contribution in [0.25, 0.3) is 10.8 Å². The van der Waals surface area contributed by atoms with Gasteiger partial charge in [-0.25, -0.2) is 4.99 Å². The number of rotatable bonds is 4. The Hall–Kier alpha value is -3.87. The zero-order valence-corrected chi connectivity index (χ0v) is 13.9. The molecule has 0 saturated heterocycles. The van der Waals surface area contributed by atoms with Crippen LogP contribution in [0, 0.1) is 5.41 Å². The second-order valence-electron chi connectivity index (χ2n) is 5.66. The summed E-state index contributed by atoms with van der Waals surface area (Å²) in [6, 6.07) is 17.7. The Morgan fingerprint density at radius 3 is 2.46 bits per heavy atom. The van der Waals surface area contributed by atoms with E-state index in [0.29, 0.717) is 22.5 Å². The smallest absolute Gasteiger partial charge is 0.257 e. The molecule has 7 nitrogen and oxygen atoms in total. The highest BCUT2D eigenvalue weighted by Gasteiger charge is 2.13. The quantitative estimate of drug-likeness (QED) is 0.364. The molecule has 0 aromatic heterocycles. The number of aliphatic imine (C=N–C) groups is 1. The van der Waals surface area contributed by atoms with E-state index in [1.165, 1.54) is 0 Å². The molecule has 26 heavy (non-hydrogen) atoms.